The summed E-state index contributed by atoms with van der Waals surface area (Å²) in [5, 5.41) is 3.93. The van der Waals surface area contributed by atoms with Crippen LogP contribution in [0.25, 0.3) is 0 Å². The van der Waals surface area contributed by atoms with Crippen LogP contribution in [0.4, 0.5) is 0 Å². The molecule has 0 unspecified atom stereocenters. The maximum Gasteiger partial charge on any atom is 0.277 e. The number of hydrogen-bond donors (Lipinski definition) is 1. The van der Waals surface area contributed by atoms with Crippen LogP contribution in [-0.4, -0.2) is 18.7 Å². The van der Waals surface area contributed by atoms with Crippen LogP contribution in [0.5, 0.6) is 5.75 Å². The second-order valence-electron chi connectivity index (χ2n) is 5.72. The summed E-state index contributed by atoms with van der Waals surface area (Å²) in [4.78, 5) is 11.7. The standard InChI is InChI=1S/C19H22N2O2/c1-14(2)17-7-9-18(10-8-17)23-13-19(22)21-20-12-16-6-4-5-15(3)11-16/h4-12,14H,13H2,1-3H3,(H,21,22). The number of carbonyl (C=O) groups is 1. The number of carbonyl (C=O) groups excluding carboxylic acids is 1. The summed E-state index contributed by atoms with van der Waals surface area (Å²) < 4.78 is 5.44. The Morgan fingerprint density at radius 3 is 2.61 bits per heavy atom. The number of nitrogens with zero attached hydrogens (tertiary/aromatic N) is 1. The van der Waals surface area contributed by atoms with Crippen LogP contribution in [0.1, 0.15) is 36.5 Å². The zero-order valence-corrected chi connectivity index (χ0v) is 13.7. The highest BCUT2D eigenvalue weighted by Gasteiger charge is 2.03. The van der Waals surface area contributed by atoms with Crippen molar-refractivity contribution in [3.05, 3.63) is 65.2 Å². The number of nitrogens with one attached hydrogen (secondary N) is 1. The predicted molar refractivity (Wildman–Crippen MR) is 92.9 cm³/mol. The molecule has 4 nitrogen and oxygen atoms in total. The maximum atomic E-state index is 11.7. The van der Waals surface area contributed by atoms with E-state index in [-0.39, 0.29) is 12.5 Å². The van der Waals surface area contributed by atoms with Crippen LogP contribution in [0.3, 0.4) is 0 Å². The van der Waals surface area contributed by atoms with E-state index in [1.54, 1.807) is 6.21 Å². The third-order valence-corrected chi connectivity index (χ3v) is 3.36. The Labute approximate surface area is 137 Å². The van der Waals surface area contributed by atoms with Crippen molar-refractivity contribution in [3.63, 3.8) is 0 Å². The van der Waals surface area contributed by atoms with E-state index in [1.807, 2.05) is 55.5 Å². The van der Waals surface area contributed by atoms with Gasteiger partial charge in [-0.15, -0.1) is 0 Å². The molecule has 0 saturated carbocycles. The Bertz CT molecular complexity index is 676. The van der Waals surface area contributed by atoms with Crippen molar-refractivity contribution in [2.75, 3.05) is 6.61 Å². The topological polar surface area (TPSA) is 50.7 Å². The number of hydrazone groups is 1. The van der Waals surface area contributed by atoms with Gasteiger partial charge in [-0.2, -0.15) is 5.10 Å². The first-order valence-electron chi connectivity index (χ1n) is 7.66. The molecular weight excluding hydrogens is 288 g/mol. The lowest BCUT2D eigenvalue weighted by atomic mass is 10.0. The summed E-state index contributed by atoms with van der Waals surface area (Å²) in [7, 11) is 0. The predicted octanol–water partition coefficient (Wildman–Crippen LogP) is 3.65. The van der Waals surface area contributed by atoms with Gasteiger partial charge in [-0.1, -0.05) is 55.8 Å². The lowest BCUT2D eigenvalue weighted by molar-refractivity contribution is -0.123. The second-order valence-corrected chi connectivity index (χ2v) is 5.72. The Balaban J connectivity index is 1.78. The summed E-state index contributed by atoms with van der Waals surface area (Å²) in [6.07, 6.45) is 1.61. The number of amides is 1. The highest BCUT2D eigenvalue weighted by Crippen LogP contribution is 2.18. The third kappa shape index (κ3) is 5.58. The molecule has 0 aliphatic carbocycles. The number of aryl methyl sites for hydroxylation is 1. The molecule has 0 aromatic heterocycles. The molecule has 120 valence electrons. The molecule has 4 heteroatoms. The van der Waals surface area contributed by atoms with Gasteiger partial charge in [0.05, 0.1) is 6.21 Å². The second kappa shape index (κ2) is 8.13. The van der Waals surface area contributed by atoms with E-state index >= 15 is 0 Å². The van der Waals surface area contributed by atoms with Crippen molar-refractivity contribution in [2.45, 2.75) is 26.7 Å². The quantitative estimate of drug-likeness (QED) is 0.654. The van der Waals surface area contributed by atoms with Gasteiger partial charge in [0.1, 0.15) is 5.75 Å². The minimum absolute atomic E-state index is 0.0633. The molecule has 23 heavy (non-hydrogen) atoms. The number of rotatable bonds is 6. The zero-order valence-electron chi connectivity index (χ0n) is 13.7. The van der Waals surface area contributed by atoms with Gasteiger partial charge >= 0.3 is 0 Å². The van der Waals surface area contributed by atoms with Gasteiger partial charge in [0.2, 0.25) is 0 Å². The fraction of sp³-hybridized carbons (Fsp3) is 0.263. The average Bonchev–Trinajstić information content (AvgIpc) is 2.53. The van der Waals surface area contributed by atoms with Crippen LogP contribution >= 0.6 is 0 Å². The Morgan fingerprint density at radius 1 is 1.22 bits per heavy atom. The lowest BCUT2D eigenvalue weighted by Crippen LogP contribution is -2.24. The highest BCUT2D eigenvalue weighted by molar-refractivity contribution is 5.83. The third-order valence-electron chi connectivity index (χ3n) is 3.36. The normalized spacial score (nSPS) is 11.0. The van der Waals surface area contributed by atoms with E-state index in [0.717, 1.165) is 11.1 Å². The van der Waals surface area contributed by atoms with Crippen molar-refractivity contribution in [2.24, 2.45) is 5.10 Å². The average molecular weight is 310 g/mol. The van der Waals surface area contributed by atoms with E-state index < -0.39 is 0 Å². The van der Waals surface area contributed by atoms with Crippen molar-refractivity contribution < 1.29 is 9.53 Å². The van der Waals surface area contributed by atoms with Crippen LogP contribution in [0, 0.1) is 6.92 Å². The zero-order chi connectivity index (χ0) is 16.7. The summed E-state index contributed by atoms with van der Waals surface area (Å²) in [6.45, 7) is 6.21. The molecule has 2 aromatic rings. The van der Waals surface area contributed by atoms with Crippen LogP contribution in [0.2, 0.25) is 0 Å². The SMILES string of the molecule is Cc1cccc(C=NNC(=O)COc2ccc(C(C)C)cc2)c1. The maximum absolute atomic E-state index is 11.7. The molecule has 1 amide bonds. The van der Waals surface area contributed by atoms with E-state index in [2.05, 4.69) is 24.4 Å². The van der Waals surface area contributed by atoms with Gasteiger partial charge in [-0.3, -0.25) is 4.79 Å². The summed E-state index contributed by atoms with van der Waals surface area (Å²) in [5.74, 6) is 0.859. The monoisotopic (exact) mass is 310 g/mol. The number of hydrogen-bond acceptors (Lipinski definition) is 3. The molecule has 2 rings (SSSR count). The molecule has 0 aliphatic rings. The van der Waals surface area contributed by atoms with Gasteiger partial charge in [0.25, 0.3) is 5.91 Å². The number of ether oxygens (including phenoxy) is 1. The first-order valence-corrected chi connectivity index (χ1v) is 7.66. The van der Waals surface area contributed by atoms with Crippen molar-refractivity contribution >= 4 is 12.1 Å². The van der Waals surface area contributed by atoms with Crippen LogP contribution < -0.4 is 10.2 Å². The van der Waals surface area contributed by atoms with E-state index in [9.17, 15) is 4.79 Å². The van der Waals surface area contributed by atoms with E-state index in [1.165, 1.54) is 5.56 Å². The molecule has 0 atom stereocenters. The molecule has 0 spiro atoms. The van der Waals surface area contributed by atoms with Gasteiger partial charge in [0.15, 0.2) is 6.61 Å². The summed E-state index contributed by atoms with van der Waals surface area (Å²) in [5.41, 5.74) is 5.78. The fourth-order valence-corrected chi connectivity index (χ4v) is 2.06. The minimum Gasteiger partial charge on any atom is -0.484 e. The van der Waals surface area contributed by atoms with Crippen molar-refractivity contribution in [1.29, 1.82) is 0 Å². The molecule has 2 aromatic carbocycles. The molecule has 0 radical (unpaired) electrons. The summed E-state index contributed by atoms with van der Waals surface area (Å²) in [6, 6.07) is 15.6. The lowest BCUT2D eigenvalue weighted by Gasteiger charge is -2.08. The van der Waals surface area contributed by atoms with Gasteiger partial charge < -0.3 is 4.74 Å². The molecular formula is C19H22N2O2. The van der Waals surface area contributed by atoms with Gasteiger partial charge in [0, 0.05) is 0 Å². The molecule has 0 fully saturated rings. The molecule has 0 bridgehead atoms. The fourth-order valence-electron chi connectivity index (χ4n) is 2.06. The van der Waals surface area contributed by atoms with E-state index in [0.29, 0.717) is 11.7 Å². The smallest absolute Gasteiger partial charge is 0.277 e. The molecule has 0 heterocycles. The van der Waals surface area contributed by atoms with E-state index in [4.69, 9.17) is 4.74 Å². The molecule has 0 saturated heterocycles. The first-order chi connectivity index (χ1) is 11.0. The van der Waals surface area contributed by atoms with Gasteiger partial charge in [-0.05, 0) is 36.1 Å². The minimum atomic E-state index is -0.290. The molecule has 0 aliphatic heterocycles. The Hall–Kier alpha value is -2.62. The largest absolute Gasteiger partial charge is 0.484 e. The first kappa shape index (κ1) is 16.7. The van der Waals surface area contributed by atoms with Crippen molar-refractivity contribution in [3.8, 4) is 5.75 Å². The van der Waals surface area contributed by atoms with Crippen LogP contribution in [-0.2, 0) is 4.79 Å². The van der Waals surface area contributed by atoms with Crippen LogP contribution in [0.15, 0.2) is 53.6 Å². The number of benzene rings is 2. The molecule has 1 N–H and O–H groups in total. The highest BCUT2D eigenvalue weighted by atomic mass is 16.5. The Morgan fingerprint density at radius 2 is 1.96 bits per heavy atom. The van der Waals surface area contributed by atoms with Gasteiger partial charge in [-0.25, -0.2) is 5.43 Å². The Kier molecular flexibility index (Phi) is 5.92. The summed E-state index contributed by atoms with van der Waals surface area (Å²) >= 11 is 0. The van der Waals surface area contributed by atoms with Crippen molar-refractivity contribution in [1.82, 2.24) is 5.43 Å².